The van der Waals surface area contributed by atoms with Crippen LogP contribution >= 0.6 is 11.3 Å². The van der Waals surface area contributed by atoms with Gasteiger partial charge in [0.15, 0.2) is 0 Å². The van der Waals surface area contributed by atoms with E-state index >= 15 is 0 Å². The third-order valence-corrected chi connectivity index (χ3v) is 7.55. The molecule has 3 atom stereocenters. The Bertz CT molecular complexity index is 904. The number of hydrogen-bond donors (Lipinski definition) is 1. The molecule has 3 heterocycles. The first-order chi connectivity index (χ1) is 14.0. The van der Waals surface area contributed by atoms with Gasteiger partial charge >= 0.3 is 0 Å². The maximum absolute atomic E-state index is 13.6. The molecule has 2 amide bonds. The van der Waals surface area contributed by atoms with Crippen LogP contribution < -0.4 is 5.32 Å². The van der Waals surface area contributed by atoms with E-state index in [2.05, 4.69) is 12.2 Å². The molecule has 0 saturated heterocycles. The topological polar surface area (TPSA) is 63.6 Å². The van der Waals surface area contributed by atoms with Crippen LogP contribution in [0.3, 0.4) is 0 Å². The van der Waals surface area contributed by atoms with Crippen molar-refractivity contribution in [3.05, 3.63) is 23.2 Å². The summed E-state index contributed by atoms with van der Waals surface area (Å²) in [6.45, 7) is 5.69. The molecule has 0 unspecified atom stereocenters. The molecule has 0 aromatic carbocycles. The molecular weight excluding hydrogens is 386 g/mol. The maximum atomic E-state index is 13.6. The molecule has 6 nitrogen and oxygen atoms in total. The predicted octanol–water partition coefficient (Wildman–Crippen LogP) is 3.65. The highest BCUT2D eigenvalue weighted by atomic mass is 32.1. The number of thiophene rings is 1. The molecule has 1 N–H and O–H groups in total. The van der Waals surface area contributed by atoms with Crippen molar-refractivity contribution >= 4 is 33.4 Å². The Balaban J connectivity index is 1.66. The number of carbonyl (C=O) groups excluding carboxylic acids is 2. The monoisotopic (exact) mass is 417 g/mol. The van der Waals surface area contributed by atoms with Gasteiger partial charge < -0.3 is 19.5 Å². The molecule has 1 saturated carbocycles. The summed E-state index contributed by atoms with van der Waals surface area (Å²) in [6.07, 6.45) is 5.26. The van der Waals surface area contributed by atoms with E-state index in [1.807, 2.05) is 29.0 Å². The van der Waals surface area contributed by atoms with Crippen molar-refractivity contribution < 1.29 is 14.3 Å². The Labute approximate surface area is 176 Å². The fraction of sp³-hybridized carbons (Fsp3) is 0.636. The second kappa shape index (κ2) is 8.11. The van der Waals surface area contributed by atoms with E-state index in [9.17, 15) is 9.59 Å². The number of methoxy groups -OCH3 is 1. The Hall–Kier alpha value is -1.86. The lowest BCUT2D eigenvalue weighted by Crippen LogP contribution is -2.65. The standard InChI is InChI=1S/C22H31N3O3S/c1-15-7-4-5-8-16(15)23-21(27)22(2)14-24-17-9-12-29-19(17)13-18(24)20(26)25(22)10-6-11-28-3/h9,12-13,15-16H,4-8,10-11,14H2,1-3H3,(H,23,27)/t15-,16-,22-/m1/s1. The van der Waals surface area contributed by atoms with Gasteiger partial charge in [-0.25, -0.2) is 0 Å². The zero-order valence-corrected chi connectivity index (χ0v) is 18.4. The maximum Gasteiger partial charge on any atom is 0.271 e. The molecule has 1 fully saturated rings. The predicted molar refractivity (Wildman–Crippen MR) is 115 cm³/mol. The van der Waals surface area contributed by atoms with Crippen LogP contribution in [0.2, 0.25) is 0 Å². The molecule has 4 rings (SSSR count). The number of aromatic nitrogens is 1. The van der Waals surface area contributed by atoms with Crippen molar-refractivity contribution in [1.82, 2.24) is 14.8 Å². The summed E-state index contributed by atoms with van der Waals surface area (Å²) in [4.78, 5) is 28.8. The van der Waals surface area contributed by atoms with Gasteiger partial charge in [0.1, 0.15) is 11.2 Å². The largest absolute Gasteiger partial charge is 0.385 e. The summed E-state index contributed by atoms with van der Waals surface area (Å²) in [5.74, 6) is 0.373. The quantitative estimate of drug-likeness (QED) is 0.730. The Morgan fingerprint density at radius 1 is 1.38 bits per heavy atom. The van der Waals surface area contributed by atoms with Gasteiger partial charge in [0.2, 0.25) is 5.91 Å². The second-order valence-corrected chi connectivity index (χ2v) is 9.65. The highest BCUT2D eigenvalue weighted by molar-refractivity contribution is 7.17. The molecule has 29 heavy (non-hydrogen) atoms. The van der Waals surface area contributed by atoms with Gasteiger partial charge in [0, 0.05) is 26.3 Å². The van der Waals surface area contributed by atoms with Crippen LogP contribution in [0.1, 0.15) is 56.4 Å². The average Bonchev–Trinajstić information content (AvgIpc) is 3.28. The van der Waals surface area contributed by atoms with Crippen molar-refractivity contribution in [2.45, 2.75) is 64.1 Å². The van der Waals surface area contributed by atoms with Crippen molar-refractivity contribution in [2.75, 3.05) is 20.3 Å². The molecule has 2 aliphatic rings. The first-order valence-electron chi connectivity index (χ1n) is 10.6. The van der Waals surface area contributed by atoms with Crippen molar-refractivity contribution in [3.63, 3.8) is 0 Å². The number of carbonyl (C=O) groups is 2. The summed E-state index contributed by atoms with van der Waals surface area (Å²) in [5, 5.41) is 5.35. The minimum atomic E-state index is -0.914. The van der Waals surface area contributed by atoms with Crippen LogP contribution in [0, 0.1) is 5.92 Å². The number of rotatable bonds is 6. The average molecular weight is 418 g/mol. The molecule has 158 valence electrons. The second-order valence-electron chi connectivity index (χ2n) is 8.70. The summed E-state index contributed by atoms with van der Waals surface area (Å²) >= 11 is 1.63. The van der Waals surface area contributed by atoms with Crippen LogP contribution in [0.5, 0.6) is 0 Å². The molecule has 1 aliphatic heterocycles. The van der Waals surface area contributed by atoms with Crippen molar-refractivity contribution in [1.29, 1.82) is 0 Å². The Morgan fingerprint density at radius 2 is 2.17 bits per heavy atom. The molecule has 0 radical (unpaired) electrons. The molecule has 0 bridgehead atoms. The van der Waals surface area contributed by atoms with Gasteiger partial charge in [-0.15, -0.1) is 11.3 Å². The Morgan fingerprint density at radius 3 is 2.93 bits per heavy atom. The summed E-state index contributed by atoms with van der Waals surface area (Å²) in [5.41, 5.74) is 0.809. The van der Waals surface area contributed by atoms with Gasteiger partial charge in [-0.1, -0.05) is 19.8 Å². The van der Waals surface area contributed by atoms with Gasteiger partial charge in [0.25, 0.3) is 5.91 Å². The van der Waals surface area contributed by atoms with Crippen LogP contribution in [0.25, 0.3) is 10.2 Å². The van der Waals surface area contributed by atoms with E-state index in [1.54, 1.807) is 23.3 Å². The number of ether oxygens (including phenoxy) is 1. The molecule has 2 aromatic heterocycles. The van der Waals surface area contributed by atoms with E-state index in [0.717, 1.165) is 29.5 Å². The number of fused-ring (bicyclic) bond motifs is 3. The SMILES string of the molecule is COCCCN1C(=O)c2cc3sccc3n2C[C@]1(C)C(=O)N[C@@H]1CCCC[C@H]1C. The summed E-state index contributed by atoms with van der Waals surface area (Å²) in [7, 11) is 1.66. The van der Waals surface area contributed by atoms with Gasteiger partial charge in [0.05, 0.1) is 16.8 Å². The van der Waals surface area contributed by atoms with E-state index in [4.69, 9.17) is 4.74 Å². The summed E-state index contributed by atoms with van der Waals surface area (Å²) in [6, 6.07) is 4.20. The van der Waals surface area contributed by atoms with Gasteiger partial charge in [-0.3, -0.25) is 9.59 Å². The third-order valence-electron chi connectivity index (χ3n) is 6.70. The van der Waals surface area contributed by atoms with Crippen LogP contribution in [-0.2, 0) is 16.1 Å². The normalized spacial score (nSPS) is 27.3. The first-order valence-corrected chi connectivity index (χ1v) is 11.5. The highest BCUT2D eigenvalue weighted by Crippen LogP contribution is 2.35. The van der Waals surface area contributed by atoms with E-state index in [0.29, 0.717) is 37.7 Å². The van der Waals surface area contributed by atoms with E-state index < -0.39 is 5.54 Å². The smallest absolute Gasteiger partial charge is 0.271 e. The highest BCUT2D eigenvalue weighted by Gasteiger charge is 2.48. The number of amides is 2. The van der Waals surface area contributed by atoms with Gasteiger partial charge in [-0.2, -0.15) is 0 Å². The van der Waals surface area contributed by atoms with Crippen molar-refractivity contribution in [2.24, 2.45) is 5.92 Å². The van der Waals surface area contributed by atoms with Crippen LogP contribution in [0.4, 0.5) is 0 Å². The lowest BCUT2D eigenvalue weighted by molar-refractivity contribution is -0.134. The van der Waals surface area contributed by atoms with Crippen LogP contribution in [-0.4, -0.2) is 53.1 Å². The molecule has 7 heteroatoms. The zero-order chi connectivity index (χ0) is 20.6. The van der Waals surface area contributed by atoms with E-state index in [-0.39, 0.29) is 17.9 Å². The third kappa shape index (κ3) is 3.59. The van der Waals surface area contributed by atoms with Crippen LogP contribution in [0.15, 0.2) is 17.5 Å². The lowest BCUT2D eigenvalue weighted by Gasteiger charge is -2.45. The van der Waals surface area contributed by atoms with Crippen molar-refractivity contribution in [3.8, 4) is 0 Å². The summed E-state index contributed by atoms with van der Waals surface area (Å²) < 4.78 is 8.32. The number of nitrogens with zero attached hydrogens (tertiary/aromatic N) is 2. The lowest BCUT2D eigenvalue weighted by atomic mass is 9.85. The fourth-order valence-electron chi connectivity index (χ4n) is 4.84. The minimum absolute atomic E-state index is 0.0373. The minimum Gasteiger partial charge on any atom is -0.385 e. The molecule has 0 spiro atoms. The van der Waals surface area contributed by atoms with Gasteiger partial charge in [-0.05, 0) is 49.6 Å². The number of hydrogen-bond acceptors (Lipinski definition) is 4. The van der Waals surface area contributed by atoms with E-state index in [1.165, 1.54) is 6.42 Å². The Kier molecular flexibility index (Phi) is 5.71. The first kappa shape index (κ1) is 20.4. The number of nitrogens with one attached hydrogen (secondary N) is 1. The molecule has 1 aliphatic carbocycles. The molecule has 2 aromatic rings. The fourth-order valence-corrected chi connectivity index (χ4v) is 5.67. The zero-order valence-electron chi connectivity index (χ0n) is 17.6. The molecular formula is C22H31N3O3S.